The van der Waals surface area contributed by atoms with Gasteiger partial charge in [0, 0.05) is 0 Å². The summed E-state index contributed by atoms with van der Waals surface area (Å²) in [5, 5.41) is 13.5. The molecule has 0 N–H and O–H groups in total. The first kappa shape index (κ1) is 20.4. The number of thioether (sulfide) groups is 1. The first-order chi connectivity index (χ1) is 15.6. The molecule has 2 heterocycles. The van der Waals surface area contributed by atoms with Gasteiger partial charge in [-0.25, -0.2) is 4.98 Å². The molecule has 1 atom stereocenters. The third-order valence-electron chi connectivity index (χ3n) is 4.98. The second-order valence-electron chi connectivity index (χ2n) is 7.05. The summed E-state index contributed by atoms with van der Waals surface area (Å²) in [5.41, 5.74) is 1.88. The molecule has 0 bridgehead atoms. The third-order valence-corrected chi connectivity index (χ3v) is 6.35. The molecule has 2 aromatic heterocycles. The Bertz CT molecular complexity index is 1470. The maximum Gasteiger partial charge on any atom is 0.266 e. The van der Waals surface area contributed by atoms with Crippen molar-refractivity contribution in [3.8, 4) is 11.4 Å². The van der Waals surface area contributed by atoms with E-state index in [1.54, 1.807) is 21.4 Å². The van der Waals surface area contributed by atoms with E-state index in [0.29, 0.717) is 32.6 Å². The Kier molecular flexibility index (Phi) is 5.46. The van der Waals surface area contributed by atoms with Gasteiger partial charge in [-0.15, -0.1) is 5.10 Å². The highest BCUT2D eigenvalue weighted by Crippen LogP contribution is 2.35. The van der Waals surface area contributed by atoms with Crippen LogP contribution in [0.5, 0.6) is 0 Å². The van der Waals surface area contributed by atoms with Crippen molar-refractivity contribution in [3.05, 3.63) is 100 Å². The van der Waals surface area contributed by atoms with E-state index in [1.165, 1.54) is 11.8 Å². The summed E-state index contributed by atoms with van der Waals surface area (Å²) in [6.45, 7) is 1.98. The number of para-hydroxylation sites is 3. The van der Waals surface area contributed by atoms with Gasteiger partial charge in [-0.05, 0) is 53.7 Å². The highest BCUT2D eigenvalue weighted by Gasteiger charge is 2.22. The molecule has 7 nitrogen and oxygen atoms in total. The van der Waals surface area contributed by atoms with Crippen molar-refractivity contribution in [2.75, 3.05) is 0 Å². The normalized spacial score (nSPS) is 12.2. The zero-order chi connectivity index (χ0) is 22.1. The number of tetrazole rings is 1. The van der Waals surface area contributed by atoms with Crippen molar-refractivity contribution in [1.29, 1.82) is 0 Å². The van der Waals surface area contributed by atoms with Gasteiger partial charge in [0.15, 0.2) is 11.0 Å². The topological polar surface area (TPSA) is 78.5 Å². The van der Waals surface area contributed by atoms with Gasteiger partial charge in [-0.3, -0.25) is 9.36 Å². The molecule has 0 amide bonds. The Hall–Kier alpha value is -3.49. The average molecular weight is 461 g/mol. The molecular formula is C23H17ClN6OS. The molecule has 5 aromatic rings. The van der Waals surface area contributed by atoms with Crippen LogP contribution in [0.15, 0.2) is 88.8 Å². The van der Waals surface area contributed by atoms with Crippen LogP contribution in [0.25, 0.3) is 22.3 Å². The lowest BCUT2D eigenvalue weighted by Gasteiger charge is -2.17. The van der Waals surface area contributed by atoms with Gasteiger partial charge in [0.25, 0.3) is 5.56 Å². The van der Waals surface area contributed by atoms with E-state index in [9.17, 15) is 4.79 Å². The van der Waals surface area contributed by atoms with E-state index < -0.39 is 0 Å². The number of halogens is 1. The summed E-state index contributed by atoms with van der Waals surface area (Å²) in [6.07, 6.45) is 0. The molecule has 0 fully saturated rings. The molecule has 5 rings (SSSR count). The van der Waals surface area contributed by atoms with Gasteiger partial charge in [-0.1, -0.05) is 65.8 Å². The number of fused-ring (bicyclic) bond motifs is 1. The van der Waals surface area contributed by atoms with Gasteiger partial charge < -0.3 is 0 Å². The van der Waals surface area contributed by atoms with Gasteiger partial charge in [0.1, 0.15) is 0 Å². The Morgan fingerprint density at radius 2 is 1.66 bits per heavy atom. The van der Waals surface area contributed by atoms with E-state index in [1.807, 2.05) is 73.7 Å². The van der Waals surface area contributed by atoms with E-state index in [-0.39, 0.29) is 10.8 Å². The summed E-state index contributed by atoms with van der Waals surface area (Å²) >= 11 is 7.86. The molecule has 3 aromatic carbocycles. The summed E-state index contributed by atoms with van der Waals surface area (Å²) in [6, 6.07) is 24.2. The van der Waals surface area contributed by atoms with E-state index in [2.05, 4.69) is 15.5 Å². The predicted molar refractivity (Wildman–Crippen MR) is 126 cm³/mol. The van der Waals surface area contributed by atoms with Gasteiger partial charge in [0.2, 0.25) is 0 Å². The number of hydrogen-bond acceptors (Lipinski definition) is 6. The molecule has 0 aliphatic carbocycles. The van der Waals surface area contributed by atoms with Crippen molar-refractivity contribution in [3.63, 3.8) is 0 Å². The summed E-state index contributed by atoms with van der Waals surface area (Å²) in [4.78, 5) is 18.3. The molecule has 1 unspecified atom stereocenters. The van der Waals surface area contributed by atoms with Gasteiger partial charge >= 0.3 is 0 Å². The molecule has 0 saturated heterocycles. The first-order valence-corrected chi connectivity index (χ1v) is 11.2. The molecule has 32 heavy (non-hydrogen) atoms. The van der Waals surface area contributed by atoms with E-state index >= 15 is 0 Å². The molecule has 0 aliphatic heterocycles. The number of aromatic nitrogens is 6. The van der Waals surface area contributed by atoms with Crippen LogP contribution in [-0.2, 0) is 0 Å². The minimum atomic E-state index is -0.202. The first-order valence-electron chi connectivity index (χ1n) is 9.90. The fraction of sp³-hybridized carbons (Fsp3) is 0.0870. The Morgan fingerprint density at radius 1 is 0.938 bits per heavy atom. The average Bonchev–Trinajstić information content (AvgIpc) is 3.31. The lowest BCUT2D eigenvalue weighted by molar-refractivity contribution is 0.758. The number of benzene rings is 3. The zero-order valence-corrected chi connectivity index (χ0v) is 18.5. The molecule has 0 saturated carbocycles. The monoisotopic (exact) mass is 460 g/mol. The molecule has 0 spiro atoms. The van der Waals surface area contributed by atoms with Crippen LogP contribution in [0, 0.1) is 0 Å². The molecule has 0 aliphatic rings. The largest absolute Gasteiger partial charge is 0.268 e. The lowest BCUT2D eigenvalue weighted by atomic mass is 10.2. The molecular weight excluding hydrogens is 444 g/mol. The zero-order valence-electron chi connectivity index (χ0n) is 17.0. The summed E-state index contributed by atoms with van der Waals surface area (Å²) in [5.74, 6) is 0.648. The van der Waals surface area contributed by atoms with Crippen molar-refractivity contribution >= 4 is 34.3 Å². The van der Waals surface area contributed by atoms with Crippen LogP contribution in [0.3, 0.4) is 0 Å². The minimum absolute atomic E-state index is 0.180. The molecule has 0 radical (unpaired) electrons. The fourth-order valence-corrected chi connectivity index (χ4v) is 4.67. The SMILES string of the molecule is CC(Sc1nc2ccccc2c(=O)n1-c1ccccc1Cl)c1nnnn1-c1ccccc1. The smallest absolute Gasteiger partial charge is 0.266 e. The van der Waals surface area contributed by atoms with Crippen LogP contribution in [0.1, 0.15) is 18.0 Å². The van der Waals surface area contributed by atoms with Crippen molar-refractivity contribution in [2.45, 2.75) is 17.3 Å². The Labute approximate surface area is 192 Å². The van der Waals surface area contributed by atoms with E-state index in [4.69, 9.17) is 16.6 Å². The Balaban J connectivity index is 1.64. The maximum absolute atomic E-state index is 13.5. The second-order valence-corrected chi connectivity index (χ2v) is 8.76. The molecule has 9 heteroatoms. The Morgan fingerprint density at radius 3 is 2.47 bits per heavy atom. The van der Waals surface area contributed by atoms with Crippen LogP contribution in [-0.4, -0.2) is 29.8 Å². The standard InChI is InChI=1S/C23H17ClN6OS/c1-15(21-26-27-28-30(21)16-9-3-2-4-10-16)32-23-25-19-13-7-5-11-17(19)22(31)29(23)20-14-8-6-12-18(20)24/h2-15H,1H3. The number of rotatable bonds is 5. The highest BCUT2D eigenvalue weighted by molar-refractivity contribution is 7.99. The summed E-state index contributed by atoms with van der Waals surface area (Å²) < 4.78 is 3.25. The molecule has 158 valence electrons. The maximum atomic E-state index is 13.5. The van der Waals surface area contributed by atoms with Crippen molar-refractivity contribution in [2.24, 2.45) is 0 Å². The predicted octanol–water partition coefficient (Wildman–Crippen LogP) is 4.87. The van der Waals surface area contributed by atoms with E-state index in [0.717, 1.165) is 5.69 Å². The second kappa shape index (κ2) is 8.57. The van der Waals surface area contributed by atoms with Crippen molar-refractivity contribution < 1.29 is 0 Å². The number of hydrogen-bond donors (Lipinski definition) is 0. The van der Waals surface area contributed by atoms with Crippen LogP contribution >= 0.6 is 23.4 Å². The van der Waals surface area contributed by atoms with Gasteiger partial charge in [0.05, 0.1) is 32.6 Å². The van der Waals surface area contributed by atoms with Gasteiger partial charge in [-0.2, -0.15) is 4.68 Å². The number of nitrogens with zero attached hydrogens (tertiary/aromatic N) is 6. The van der Waals surface area contributed by atoms with Crippen molar-refractivity contribution in [1.82, 2.24) is 29.8 Å². The fourth-order valence-electron chi connectivity index (χ4n) is 3.45. The lowest BCUT2D eigenvalue weighted by Crippen LogP contribution is -2.22. The third kappa shape index (κ3) is 3.68. The quantitative estimate of drug-likeness (QED) is 0.275. The van der Waals surface area contributed by atoms with Crippen LogP contribution < -0.4 is 5.56 Å². The summed E-state index contributed by atoms with van der Waals surface area (Å²) in [7, 11) is 0. The van der Waals surface area contributed by atoms with Crippen LogP contribution in [0.4, 0.5) is 0 Å². The highest BCUT2D eigenvalue weighted by atomic mass is 35.5. The van der Waals surface area contributed by atoms with Crippen LogP contribution in [0.2, 0.25) is 5.02 Å². The minimum Gasteiger partial charge on any atom is -0.268 e.